The fourth-order valence-electron chi connectivity index (χ4n) is 1.72. The van der Waals surface area contributed by atoms with Gasteiger partial charge in [-0.15, -0.1) is 6.42 Å². The van der Waals surface area contributed by atoms with Crippen molar-refractivity contribution in [1.29, 1.82) is 0 Å². The van der Waals surface area contributed by atoms with Crippen molar-refractivity contribution in [3.63, 3.8) is 0 Å². The second kappa shape index (κ2) is 4.34. The van der Waals surface area contributed by atoms with E-state index in [1.54, 1.807) is 6.07 Å². The molecule has 1 heterocycles. The van der Waals surface area contributed by atoms with Gasteiger partial charge < -0.3 is 9.15 Å². The topological polar surface area (TPSA) is 39.4 Å². The van der Waals surface area contributed by atoms with Crippen molar-refractivity contribution in [2.45, 2.75) is 13.8 Å². The third kappa shape index (κ3) is 2.16. The van der Waals surface area contributed by atoms with Gasteiger partial charge in [0.25, 0.3) is 0 Å². The van der Waals surface area contributed by atoms with E-state index < -0.39 is 0 Å². The van der Waals surface area contributed by atoms with Gasteiger partial charge in [0.2, 0.25) is 0 Å². The van der Waals surface area contributed by atoms with Crippen LogP contribution in [0, 0.1) is 26.2 Å². The Labute approximate surface area is 99.0 Å². The molecule has 86 valence electrons. The monoisotopic (exact) mass is 228 g/mol. The molecule has 0 unspecified atom stereocenters. The normalized spacial score (nSPS) is 10.2. The van der Waals surface area contributed by atoms with Gasteiger partial charge in [0.15, 0.2) is 0 Å². The summed E-state index contributed by atoms with van der Waals surface area (Å²) in [6.45, 7) is 3.97. The van der Waals surface area contributed by atoms with Crippen LogP contribution in [-0.2, 0) is 0 Å². The lowest BCUT2D eigenvalue weighted by atomic mass is 10.1. The van der Waals surface area contributed by atoms with Crippen molar-refractivity contribution in [3.05, 3.63) is 39.7 Å². The molecule has 3 heteroatoms. The van der Waals surface area contributed by atoms with Gasteiger partial charge in [-0.25, -0.2) is 4.79 Å². The maximum Gasteiger partial charge on any atom is 0.336 e. The van der Waals surface area contributed by atoms with E-state index in [-0.39, 0.29) is 12.2 Å². The first-order chi connectivity index (χ1) is 8.11. The second-order valence-electron chi connectivity index (χ2n) is 3.86. The molecule has 17 heavy (non-hydrogen) atoms. The standard InChI is InChI=1S/C14H12O3/c1-4-5-16-12-8-11-9(2)7-14(15)17-13(11)6-10(12)3/h1,6-8H,5H2,2-3H3. The SMILES string of the molecule is C#CCOc1cc2c(C)cc(=O)oc2cc1C. The molecule has 0 aliphatic carbocycles. The van der Waals surface area contributed by atoms with Gasteiger partial charge in [-0.05, 0) is 37.1 Å². The fourth-order valence-corrected chi connectivity index (χ4v) is 1.72. The van der Waals surface area contributed by atoms with Crippen LogP contribution in [0.2, 0.25) is 0 Å². The summed E-state index contributed by atoms with van der Waals surface area (Å²) >= 11 is 0. The van der Waals surface area contributed by atoms with Gasteiger partial charge in [-0.1, -0.05) is 5.92 Å². The van der Waals surface area contributed by atoms with E-state index in [9.17, 15) is 4.79 Å². The molecule has 1 aromatic heterocycles. The third-order valence-corrected chi connectivity index (χ3v) is 2.56. The van der Waals surface area contributed by atoms with Gasteiger partial charge >= 0.3 is 5.63 Å². The molecule has 0 amide bonds. The maximum absolute atomic E-state index is 11.2. The van der Waals surface area contributed by atoms with Crippen LogP contribution in [0.15, 0.2) is 27.4 Å². The van der Waals surface area contributed by atoms with Crippen LogP contribution in [0.5, 0.6) is 5.75 Å². The summed E-state index contributed by atoms with van der Waals surface area (Å²) in [5.74, 6) is 3.13. The van der Waals surface area contributed by atoms with Crippen molar-refractivity contribution in [3.8, 4) is 18.1 Å². The zero-order chi connectivity index (χ0) is 12.4. The zero-order valence-electron chi connectivity index (χ0n) is 9.74. The van der Waals surface area contributed by atoms with Crippen LogP contribution in [-0.4, -0.2) is 6.61 Å². The first-order valence-corrected chi connectivity index (χ1v) is 5.23. The molecule has 0 atom stereocenters. The van der Waals surface area contributed by atoms with Gasteiger partial charge in [0, 0.05) is 11.5 Å². The summed E-state index contributed by atoms with van der Waals surface area (Å²) < 4.78 is 10.6. The van der Waals surface area contributed by atoms with E-state index in [1.165, 1.54) is 6.07 Å². The minimum absolute atomic E-state index is 0.224. The number of rotatable bonds is 2. The van der Waals surface area contributed by atoms with E-state index in [0.29, 0.717) is 11.3 Å². The summed E-state index contributed by atoms with van der Waals surface area (Å²) in [4.78, 5) is 11.2. The van der Waals surface area contributed by atoms with E-state index in [2.05, 4.69) is 5.92 Å². The first-order valence-electron chi connectivity index (χ1n) is 5.23. The molecule has 0 fully saturated rings. The molecular formula is C14H12O3. The molecular weight excluding hydrogens is 216 g/mol. The highest BCUT2D eigenvalue weighted by atomic mass is 16.5. The number of fused-ring (bicyclic) bond motifs is 1. The van der Waals surface area contributed by atoms with Crippen LogP contribution in [0.25, 0.3) is 11.0 Å². The summed E-state index contributed by atoms with van der Waals surface area (Å²) in [6, 6.07) is 5.10. The van der Waals surface area contributed by atoms with Crippen LogP contribution in [0.3, 0.4) is 0 Å². The maximum atomic E-state index is 11.2. The van der Waals surface area contributed by atoms with Crippen molar-refractivity contribution < 1.29 is 9.15 Å². The van der Waals surface area contributed by atoms with Crippen LogP contribution in [0.4, 0.5) is 0 Å². The van der Waals surface area contributed by atoms with Gasteiger partial charge in [0.05, 0.1) is 0 Å². The Morgan fingerprint density at radius 2 is 2.06 bits per heavy atom. The molecule has 0 aliphatic rings. The molecule has 0 bridgehead atoms. The Morgan fingerprint density at radius 1 is 1.29 bits per heavy atom. The minimum atomic E-state index is -0.341. The van der Waals surface area contributed by atoms with Crippen molar-refractivity contribution >= 4 is 11.0 Å². The Bertz CT molecular complexity index is 659. The van der Waals surface area contributed by atoms with Crippen molar-refractivity contribution in [2.24, 2.45) is 0 Å². The Hall–Kier alpha value is -2.21. The highest BCUT2D eigenvalue weighted by Crippen LogP contribution is 2.26. The molecule has 2 rings (SSSR count). The average molecular weight is 228 g/mol. The zero-order valence-corrected chi connectivity index (χ0v) is 9.74. The second-order valence-corrected chi connectivity index (χ2v) is 3.86. The predicted molar refractivity (Wildman–Crippen MR) is 66.3 cm³/mol. The smallest absolute Gasteiger partial charge is 0.336 e. The Balaban J connectivity index is 2.64. The largest absolute Gasteiger partial charge is 0.481 e. The summed E-state index contributed by atoms with van der Waals surface area (Å²) in [5, 5.41) is 0.863. The molecule has 1 aromatic carbocycles. The summed E-state index contributed by atoms with van der Waals surface area (Å²) in [6.07, 6.45) is 5.15. The lowest BCUT2D eigenvalue weighted by Crippen LogP contribution is -2.00. The minimum Gasteiger partial charge on any atom is -0.481 e. The molecule has 0 N–H and O–H groups in total. The van der Waals surface area contributed by atoms with Crippen molar-refractivity contribution in [1.82, 2.24) is 0 Å². The van der Waals surface area contributed by atoms with Gasteiger partial charge in [-0.2, -0.15) is 0 Å². The number of terminal acetylenes is 1. The fraction of sp³-hybridized carbons (Fsp3) is 0.214. The van der Waals surface area contributed by atoms with Gasteiger partial charge in [0.1, 0.15) is 17.9 Å². The molecule has 0 aliphatic heterocycles. The molecule has 0 saturated carbocycles. The average Bonchev–Trinajstić information content (AvgIpc) is 2.26. The van der Waals surface area contributed by atoms with Crippen LogP contribution < -0.4 is 10.4 Å². The number of ether oxygens (including phenoxy) is 1. The van der Waals surface area contributed by atoms with E-state index in [0.717, 1.165) is 16.5 Å². The lowest BCUT2D eigenvalue weighted by Gasteiger charge is -2.08. The first kappa shape index (κ1) is 11.3. The van der Waals surface area contributed by atoms with Crippen LogP contribution in [0.1, 0.15) is 11.1 Å². The quantitative estimate of drug-likeness (QED) is 0.585. The summed E-state index contributed by atoms with van der Waals surface area (Å²) in [7, 11) is 0. The molecule has 2 aromatic rings. The Morgan fingerprint density at radius 3 is 2.76 bits per heavy atom. The highest BCUT2D eigenvalue weighted by molar-refractivity contribution is 5.82. The van der Waals surface area contributed by atoms with E-state index in [1.807, 2.05) is 19.9 Å². The van der Waals surface area contributed by atoms with E-state index in [4.69, 9.17) is 15.6 Å². The third-order valence-electron chi connectivity index (χ3n) is 2.56. The number of hydrogen-bond donors (Lipinski definition) is 0. The number of aryl methyl sites for hydroxylation is 2. The van der Waals surface area contributed by atoms with Gasteiger partial charge in [-0.3, -0.25) is 0 Å². The van der Waals surface area contributed by atoms with E-state index >= 15 is 0 Å². The predicted octanol–water partition coefficient (Wildman–Crippen LogP) is 2.42. The molecule has 0 radical (unpaired) electrons. The summed E-state index contributed by atoms with van der Waals surface area (Å²) in [5.41, 5.74) is 1.98. The molecule has 0 spiro atoms. The molecule has 3 nitrogen and oxygen atoms in total. The number of benzene rings is 1. The Kier molecular flexibility index (Phi) is 2.88. The van der Waals surface area contributed by atoms with Crippen molar-refractivity contribution in [2.75, 3.05) is 6.61 Å². The number of hydrogen-bond acceptors (Lipinski definition) is 3. The van der Waals surface area contributed by atoms with Crippen LogP contribution >= 0.6 is 0 Å². The lowest BCUT2D eigenvalue weighted by molar-refractivity contribution is 0.368. The molecule has 0 saturated heterocycles. The highest BCUT2D eigenvalue weighted by Gasteiger charge is 2.07.